The predicted octanol–water partition coefficient (Wildman–Crippen LogP) is 7.55. The quantitative estimate of drug-likeness (QED) is 0.0378. The van der Waals surface area contributed by atoms with Gasteiger partial charge in [-0.25, -0.2) is 0 Å². The lowest BCUT2D eigenvalue weighted by molar-refractivity contribution is -0.870. The van der Waals surface area contributed by atoms with Crippen molar-refractivity contribution in [3.8, 4) is 0 Å². The summed E-state index contributed by atoms with van der Waals surface area (Å²) in [4.78, 5) is 24.8. The maximum absolute atomic E-state index is 12.6. The van der Waals surface area contributed by atoms with E-state index in [1.165, 1.54) is 38.5 Å². The molecule has 8 nitrogen and oxygen atoms in total. The summed E-state index contributed by atoms with van der Waals surface area (Å²) >= 11 is 0. The molecule has 44 heavy (non-hydrogen) atoms. The number of phosphoric ester groups is 1. The number of rotatable bonds is 29. The molecule has 0 aliphatic rings. The van der Waals surface area contributed by atoms with Crippen molar-refractivity contribution in [1.29, 1.82) is 0 Å². The lowest BCUT2D eigenvalue weighted by Crippen LogP contribution is -2.45. The number of amides is 1. The van der Waals surface area contributed by atoms with Gasteiger partial charge in [-0.1, -0.05) is 107 Å². The minimum atomic E-state index is -4.56. The number of phosphoric acid groups is 1. The molecular weight excluding hydrogens is 575 g/mol. The highest BCUT2D eigenvalue weighted by Crippen LogP contribution is 2.38. The summed E-state index contributed by atoms with van der Waals surface area (Å²) in [5, 5.41) is 13.3. The number of aliphatic hydroxyl groups is 1. The van der Waals surface area contributed by atoms with Gasteiger partial charge in [-0.2, -0.15) is 0 Å². The standard InChI is InChI=1S/C35H65N2O6P/c1-6-8-10-11-12-13-14-15-16-17-18-19-20-21-22-23-24-25-27-29-35(39)36-33(34(38)28-26-9-7-2)32-43-44(40,41)42-31-30-37(3,4)5/h12-13,15-16,18-19,26,28,33-34,38H,6-11,14,17,20-25,27,29-32H2,1-5H3,(H-,36,39,40,41)/b13-12-,16-15-,19-18-,28-26+. The Kier molecular flexibility index (Phi) is 26.8. The van der Waals surface area contributed by atoms with E-state index >= 15 is 0 Å². The largest absolute Gasteiger partial charge is 0.756 e. The number of aliphatic hydroxyl groups excluding tert-OH is 1. The number of unbranched alkanes of at least 4 members (excludes halogenated alkanes) is 10. The van der Waals surface area contributed by atoms with Gasteiger partial charge in [0.05, 0.1) is 39.9 Å². The number of carbonyl (C=O) groups is 1. The van der Waals surface area contributed by atoms with Gasteiger partial charge in [0.2, 0.25) is 5.91 Å². The Morgan fingerprint density at radius 2 is 1.36 bits per heavy atom. The van der Waals surface area contributed by atoms with Gasteiger partial charge in [0, 0.05) is 6.42 Å². The first kappa shape index (κ1) is 42.5. The van der Waals surface area contributed by atoms with Gasteiger partial charge in [-0.05, 0) is 51.4 Å². The maximum atomic E-state index is 12.6. The summed E-state index contributed by atoms with van der Waals surface area (Å²) in [7, 11) is 1.23. The minimum absolute atomic E-state index is 0.00781. The van der Waals surface area contributed by atoms with Crippen LogP contribution >= 0.6 is 7.82 Å². The van der Waals surface area contributed by atoms with Crippen molar-refractivity contribution in [1.82, 2.24) is 5.32 Å². The Morgan fingerprint density at radius 3 is 1.95 bits per heavy atom. The van der Waals surface area contributed by atoms with Gasteiger partial charge in [0.25, 0.3) is 7.82 Å². The molecule has 1 amide bonds. The van der Waals surface area contributed by atoms with Crippen molar-refractivity contribution in [3.63, 3.8) is 0 Å². The minimum Gasteiger partial charge on any atom is -0.756 e. The predicted molar refractivity (Wildman–Crippen MR) is 182 cm³/mol. The van der Waals surface area contributed by atoms with Crippen LogP contribution in [-0.4, -0.2) is 68.5 Å². The number of nitrogens with one attached hydrogen (secondary N) is 1. The van der Waals surface area contributed by atoms with E-state index < -0.39 is 26.6 Å². The van der Waals surface area contributed by atoms with Crippen molar-refractivity contribution < 1.29 is 32.9 Å². The average Bonchev–Trinajstić information content (AvgIpc) is 2.95. The summed E-state index contributed by atoms with van der Waals surface area (Å²) < 4.78 is 22.7. The van der Waals surface area contributed by atoms with E-state index in [4.69, 9.17) is 9.05 Å². The van der Waals surface area contributed by atoms with Gasteiger partial charge in [0.15, 0.2) is 0 Å². The first-order chi connectivity index (χ1) is 21.0. The van der Waals surface area contributed by atoms with Crippen LogP contribution in [0.1, 0.15) is 117 Å². The summed E-state index contributed by atoms with van der Waals surface area (Å²) in [5.41, 5.74) is 0. The fourth-order valence-electron chi connectivity index (χ4n) is 4.22. The highest BCUT2D eigenvalue weighted by Gasteiger charge is 2.23. The van der Waals surface area contributed by atoms with Crippen molar-refractivity contribution in [2.45, 2.75) is 129 Å². The molecule has 0 saturated carbocycles. The highest BCUT2D eigenvalue weighted by atomic mass is 31.2. The molecule has 256 valence electrons. The van der Waals surface area contributed by atoms with Crippen LogP contribution in [-0.2, 0) is 18.4 Å². The van der Waals surface area contributed by atoms with Crippen LogP contribution in [0.4, 0.5) is 0 Å². The van der Waals surface area contributed by atoms with Gasteiger partial charge in [-0.15, -0.1) is 0 Å². The van der Waals surface area contributed by atoms with Crippen LogP contribution in [0.3, 0.4) is 0 Å². The summed E-state index contributed by atoms with van der Waals surface area (Å²) in [5.74, 6) is -0.226. The lowest BCUT2D eigenvalue weighted by Gasteiger charge is -2.29. The number of hydrogen-bond acceptors (Lipinski definition) is 6. The third kappa shape index (κ3) is 29.2. The van der Waals surface area contributed by atoms with Crippen molar-refractivity contribution in [2.75, 3.05) is 40.9 Å². The zero-order valence-corrected chi connectivity index (χ0v) is 29.5. The topological polar surface area (TPSA) is 108 Å². The van der Waals surface area contributed by atoms with Gasteiger partial charge in [0.1, 0.15) is 13.2 Å². The molecule has 0 bridgehead atoms. The van der Waals surface area contributed by atoms with Crippen LogP contribution in [0, 0.1) is 0 Å². The number of nitrogens with zero attached hydrogens (tertiary/aromatic N) is 1. The number of quaternary nitrogens is 1. The van der Waals surface area contributed by atoms with Crippen molar-refractivity contribution >= 4 is 13.7 Å². The van der Waals surface area contributed by atoms with E-state index in [2.05, 4.69) is 48.7 Å². The van der Waals surface area contributed by atoms with E-state index in [1.54, 1.807) is 6.08 Å². The zero-order chi connectivity index (χ0) is 32.9. The molecule has 3 atom stereocenters. The fraction of sp³-hybridized carbons (Fsp3) is 0.743. The molecular formula is C35H65N2O6P. The first-order valence-corrected chi connectivity index (χ1v) is 18.5. The molecule has 0 aliphatic heterocycles. The second-order valence-corrected chi connectivity index (χ2v) is 13.9. The Hall–Kier alpha value is -1.54. The van der Waals surface area contributed by atoms with Crippen LogP contribution in [0.15, 0.2) is 48.6 Å². The fourth-order valence-corrected chi connectivity index (χ4v) is 4.94. The lowest BCUT2D eigenvalue weighted by atomic mass is 10.1. The zero-order valence-electron chi connectivity index (χ0n) is 28.6. The summed E-state index contributed by atoms with van der Waals surface area (Å²) in [6, 6.07) is -0.888. The molecule has 0 aromatic carbocycles. The molecule has 0 aromatic heterocycles. The van der Waals surface area contributed by atoms with E-state index in [-0.39, 0.29) is 12.5 Å². The summed E-state index contributed by atoms with van der Waals surface area (Å²) in [6.45, 7) is 4.34. The Morgan fingerprint density at radius 1 is 0.795 bits per heavy atom. The highest BCUT2D eigenvalue weighted by molar-refractivity contribution is 7.45. The van der Waals surface area contributed by atoms with E-state index in [0.29, 0.717) is 17.4 Å². The van der Waals surface area contributed by atoms with Gasteiger partial charge < -0.3 is 28.8 Å². The Bertz CT molecular complexity index is 866. The molecule has 0 aromatic rings. The molecule has 0 fully saturated rings. The molecule has 0 aliphatic carbocycles. The van der Waals surface area contributed by atoms with Crippen molar-refractivity contribution in [3.05, 3.63) is 48.6 Å². The van der Waals surface area contributed by atoms with Gasteiger partial charge >= 0.3 is 0 Å². The second kappa shape index (κ2) is 27.7. The molecule has 0 spiro atoms. The molecule has 3 unspecified atom stereocenters. The molecule has 9 heteroatoms. The normalized spacial score (nSPS) is 15.5. The molecule has 2 N–H and O–H groups in total. The SMILES string of the molecule is CCC/C=C/C(O)C(COP(=O)([O-])OCC[N+](C)(C)C)NC(=O)CCCCCCCC/C=C\C/C=C\C/C=C\CCCCC. The van der Waals surface area contributed by atoms with Gasteiger partial charge in [-0.3, -0.25) is 9.36 Å². The van der Waals surface area contributed by atoms with E-state index in [9.17, 15) is 19.4 Å². The van der Waals surface area contributed by atoms with E-state index in [1.807, 2.05) is 34.1 Å². The average molecular weight is 641 g/mol. The van der Waals surface area contributed by atoms with Crippen LogP contribution in [0.5, 0.6) is 0 Å². The van der Waals surface area contributed by atoms with Crippen molar-refractivity contribution in [2.24, 2.45) is 0 Å². The molecule has 0 radical (unpaired) electrons. The third-order valence-corrected chi connectivity index (χ3v) is 7.98. The Labute approximate surface area is 269 Å². The van der Waals surface area contributed by atoms with E-state index in [0.717, 1.165) is 57.8 Å². The summed E-state index contributed by atoms with van der Waals surface area (Å²) in [6.07, 6.45) is 32.3. The maximum Gasteiger partial charge on any atom is 0.268 e. The first-order valence-electron chi connectivity index (χ1n) is 17.0. The number of allylic oxidation sites excluding steroid dienone is 7. The number of hydrogen-bond donors (Lipinski definition) is 2. The Balaban J connectivity index is 4.21. The third-order valence-electron chi connectivity index (χ3n) is 7.01. The van der Waals surface area contributed by atoms with Crippen LogP contribution in [0.2, 0.25) is 0 Å². The number of likely N-dealkylation sites (N-methyl/N-ethyl adjacent to an activating group) is 1. The monoisotopic (exact) mass is 640 g/mol. The smallest absolute Gasteiger partial charge is 0.268 e. The van der Waals surface area contributed by atoms with Crippen LogP contribution < -0.4 is 10.2 Å². The molecule has 0 saturated heterocycles. The molecule has 0 rings (SSSR count). The number of carbonyl (C=O) groups excluding carboxylic acids is 1. The second-order valence-electron chi connectivity index (χ2n) is 12.5. The van der Waals surface area contributed by atoms with Crippen LogP contribution in [0.25, 0.3) is 0 Å². The molecule has 0 heterocycles.